The molecule has 0 saturated carbocycles. The number of nitrogens with one attached hydrogen (secondary N) is 1. The summed E-state index contributed by atoms with van der Waals surface area (Å²) in [4.78, 5) is 31.3. The van der Waals surface area contributed by atoms with Crippen LogP contribution in [0.1, 0.15) is 49.7 Å². The summed E-state index contributed by atoms with van der Waals surface area (Å²) in [6.45, 7) is 7.72. The number of hydrogen-bond acceptors (Lipinski definition) is 5. The first-order valence-electron chi connectivity index (χ1n) is 9.27. The van der Waals surface area contributed by atoms with Gasteiger partial charge in [-0.3, -0.25) is 4.79 Å². The minimum Gasteiger partial charge on any atom is -0.482 e. The number of hydrogen-bond donors (Lipinski definition) is 1. The zero-order valence-electron chi connectivity index (χ0n) is 16.5. The van der Waals surface area contributed by atoms with Gasteiger partial charge in [0.2, 0.25) is 0 Å². The maximum Gasteiger partial charge on any atom is 0.344 e. The molecule has 0 aliphatic carbocycles. The van der Waals surface area contributed by atoms with E-state index in [9.17, 15) is 9.59 Å². The lowest BCUT2D eigenvalue weighted by atomic mass is 9.98. The summed E-state index contributed by atoms with van der Waals surface area (Å²) in [6.07, 6.45) is -0.696. The van der Waals surface area contributed by atoms with Crippen LogP contribution in [0.25, 0.3) is 10.9 Å². The number of esters is 1. The Labute approximate surface area is 163 Å². The molecule has 1 heterocycles. The Bertz CT molecular complexity index is 1060. The first kappa shape index (κ1) is 19.6. The van der Waals surface area contributed by atoms with E-state index in [2.05, 4.69) is 23.8 Å². The van der Waals surface area contributed by atoms with Gasteiger partial charge >= 0.3 is 5.97 Å². The summed E-state index contributed by atoms with van der Waals surface area (Å²) < 4.78 is 10.9. The fraction of sp³-hybridized carbons (Fsp3) is 0.318. The lowest BCUT2D eigenvalue weighted by Crippen LogP contribution is -2.20. The number of nitrogens with zero attached hydrogens (tertiary/aromatic N) is 1. The van der Waals surface area contributed by atoms with Gasteiger partial charge in [0.15, 0.2) is 18.5 Å². The quantitative estimate of drug-likeness (QED) is 0.653. The highest BCUT2D eigenvalue weighted by molar-refractivity contribution is 5.77. The van der Waals surface area contributed by atoms with E-state index in [4.69, 9.17) is 9.47 Å². The van der Waals surface area contributed by atoms with Crippen molar-refractivity contribution in [3.05, 3.63) is 69.8 Å². The Hall–Kier alpha value is -3.15. The largest absolute Gasteiger partial charge is 0.482 e. The minimum absolute atomic E-state index is 0.220. The lowest BCUT2D eigenvalue weighted by Gasteiger charge is -2.14. The van der Waals surface area contributed by atoms with Gasteiger partial charge in [0.05, 0.1) is 10.9 Å². The predicted octanol–water partition coefficient (Wildman–Crippen LogP) is 4.04. The molecule has 6 nitrogen and oxygen atoms in total. The number of ether oxygens (including phenoxy) is 2. The Balaban J connectivity index is 1.63. The number of carbonyl (C=O) groups is 1. The summed E-state index contributed by atoms with van der Waals surface area (Å²) in [5.41, 5.74) is 2.66. The monoisotopic (exact) mass is 380 g/mol. The van der Waals surface area contributed by atoms with Crippen molar-refractivity contribution in [1.82, 2.24) is 9.97 Å². The Morgan fingerprint density at radius 1 is 1.14 bits per heavy atom. The van der Waals surface area contributed by atoms with Crippen molar-refractivity contribution >= 4 is 16.9 Å². The minimum atomic E-state index is -0.696. The number of carbonyl (C=O) groups excluding carboxylic acids is 1. The molecule has 0 fully saturated rings. The third kappa shape index (κ3) is 4.39. The van der Waals surface area contributed by atoms with Gasteiger partial charge in [-0.15, -0.1) is 0 Å². The molecule has 0 aliphatic heterocycles. The molecule has 6 heteroatoms. The Morgan fingerprint density at radius 3 is 2.61 bits per heavy atom. The van der Waals surface area contributed by atoms with Gasteiger partial charge in [-0.1, -0.05) is 32.0 Å². The van der Waals surface area contributed by atoms with E-state index >= 15 is 0 Å². The molecule has 0 amide bonds. The summed E-state index contributed by atoms with van der Waals surface area (Å²) in [5.74, 6) is 0.809. The highest BCUT2D eigenvalue weighted by Gasteiger charge is 2.16. The second-order valence-electron chi connectivity index (χ2n) is 7.06. The number of benzene rings is 2. The second kappa shape index (κ2) is 8.25. The fourth-order valence-corrected chi connectivity index (χ4v) is 3.11. The van der Waals surface area contributed by atoms with Crippen LogP contribution in [0, 0.1) is 6.92 Å². The molecule has 3 aromatic rings. The number of aromatic nitrogens is 2. The second-order valence-corrected chi connectivity index (χ2v) is 7.06. The highest BCUT2D eigenvalue weighted by atomic mass is 16.6. The van der Waals surface area contributed by atoms with Crippen LogP contribution in [0.5, 0.6) is 5.75 Å². The number of H-pyrrole nitrogens is 1. The number of aromatic amines is 1. The Morgan fingerprint density at radius 2 is 1.89 bits per heavy atom. The van der Waals surface area contributed by atoms with E-state index in [1.807, 2.05) is 25.1 Å². The highest BCUT2D eigenvalue weighted by Crippen LogP contribution is 2.23. The van der Waals surface area contributed by atoms with Crippen molar-refractivity contribution in [2.45, 2.75) is 39.7 Å². The summed E-state index contributed by atoms with van der Waals surface area (Å²) in [7, 11) is 0. The van der Waals surface area contributed by atoms with Crippen LogP contribution in [0.4, 0.5) is 0 Å². The number of rotatable bonds is 6. The molecule has 146 valence electrons. The van der Waals surface area contributed by atoms with Gasteiger partial charge in [-0.05, 0) is 55.2 Å². The molecule has 1 N–H and O–H groups in total. The Kier molecular flexibility index (Phi) is 5.78. The van der Waals surface area contributed by atoms with Crippen LogP contribution in [0.15, 0.2) is 47.3 Å². The van der Waals surface area contributed by atoms with Crippen LogP contribution in [-0.2, 0) is 9.53 Å². The smallest absolute Gasteiger partial charge is 0.344 e. The zero-order chi connectivity index (χ0) is 20.3. The third-order valence-electron chi connectivity index (χ3n) is 4.54. The van der Waals surface area contributed by atoms with Crippen LogP contribution >= 0.6 is 0 Å². The average Bonchev–Trinajstić information content (AvgIpc) is 2.66. The van der Waals surface area contributed by atoms with E-state index in [-0.39, 0.29) is 12.2 Å². The van der Waals surface area contributed by atoms with E-state index < -0.39 is 12.1 Å². The zero-order valence-corrected chi connectivity index (χ0v) is 16.5. The standard InChI is InChI=1S/C22H24N2O4/c1-13(2)17-10-9-16(11-14(17)3)27-12-20(25)28-15(4)21-23-19-8-6-5-7-18(19)22(26)24-21/h5-11,13,15H,12H2,1-4H3,(H,23,24,26)/t15-/m1/s1. The van der Waals surface area contributed by atoms with E-state index in [1.54, 1.807) is 31.2 Å². The van der Waals surface area contributed by atoms with Crippen molar-refractivity contribution in [2.24, 2.45) is 0 Å². The van der Waals surface area contributed by atoms with Gasteiger partial charge < -0.3 is 14.5 Å². The van der Waals surface area contributed by atoms with Crippen molar-refractivity contribution in [1.29, 1.82) is 0 Å². The lowest BCUT2D eigenvalue weighted by molar-refractivity contribution is -0.151. The molecule has 0 spiro atoms. The molecule has 1 atom stereocenters. The van der Waals surface area contributed by atoms with Gasteiger partial charge in [0.1, 0.15) is 5.75 Å². The predicted molar refractivity (Wildman–Crippen MR) is 108 cm³/mol. The fourth-order valence-electron chi connectivity index (χ4n) is 3.11. The molecule has 0 radical (unpaired) electrons. The van der Waals surface area contributed by atoms with Crippen LogP contribution in [0.3, 0.4) is 0 Å². The van der Waals surface area contributed by atoms with Crippen LogP contribution in [0.2, 0.25) is 0 Å². The van der Waals surface area contributed by atoms with Crippen molar-refractivity contribution in [2.75, 3.05) is 6.61 Å². The molecule has 1 aromatic heterocycles. The maximum atomic E-state index is 12.1. The normalized spacial score (nSPS) is 12.2. The summed E-state index contributed by atoms with van der Waals surface area (Å²) in [5, 5.41) is 0.494. The first-order valence-corrected chi connectivity index (χ1v) is 9.27. The number of fused-ring (bicyclic) bond motifs is 1. The van der Waals surface area contributed by atoms with Crippen molar-refractivity contribution in [3.8, 4) is 5.75 Å². The third-order valence-corrected chi connectivity index (χ3v) is 4.54. The maximum absolute atomic E-state index is 12.1. The van der Waals surface area contributed by atoms with E-state index in [0.717, 1.165) is 5.56 Å². The van der Waals surface area contributed by atoms with E-state index in [0.29, 0.717) is 28.4 Å². The molecule has 3 rings (SSSR count). The molecule has 0 aliphatic rings. The van der Waals surface area contributed by atoms with Gasteiger partial charge in [-0.2, -0.15) is 0 Å². The average molecular weight is 380 g/mol. The molecule has 0 saturated heterocycles. The van der Waals surface area contributed by atoms with Crippen molar-refractivity contribution < 1.29 is 14.3 Å². The molecule has 0 unspecified atom stereocenters. The molecule has 28 heavy (non-hydrogen) atoms. The number of aryl methyl sites for hydroxylation is 1. The first-order chi connectivity index (χ1) is 13.3. The van der Waals surface area contributed by atoms with E-state index in [1.165, 1.54) is 5.56 Å². The molecular formula is C22H24N2O4. The summed E-state index contributed by atoms with van der Waals surface area (Å²) >= 11 is 0. The molecular weight excluding hydrogens is 356 g/mol. The topological polar surface area (TPSA) is 81.3 Å². The van der Waals surface area contributed by atoms with Crippen LogP contribution in [-0.4, -0.2) is 22.5 Å². The molecule has 2 aromatic carbocycles. The van der Waals surface area contributed by atoms with Crippen molar-refractivity contribution in [3.63, 3.8) is 0 Å². The van der Waals surface area contributed by atoms with Gasteiger partial charge in [0, 0.05) is 0 Å². The molecule has 0 bridgehead atoms. The van der Waals surface area contributed by atoms with Crippen LogP contribution < -0.4 is 10.3 Å². The SMILES string of the molecule is Cc1cc(OCC(=O)O[C@H](C)c2nc3ccccc3c(=O)[nH]2)ccc1C(C)C. The van der Waals surface area contributed by atoms with Gasteiger partial charge in [-0.25, -0.2) is 9.78 Å². The summed E-state index contributed by atoms with van der Waals surface area (Å²) in [6, 6.07) is 12.8. The van der Waals surface area contributed by atoms with Gasteiger partial charge in [0.25, 0.3) is 5.56 Å². The number of para-hydroxylation sites is 1.